The SMILES string of the molecule is CCCCOc1ccc(C(=O)Oc2ccc(OC(=O)c3ccc(OCCCC)c(OC)c3)c(C)c2)cc1OC. The zero-order valence-corrected chi connectivity index (χ0v) is 23.2. The molecule has 3 aromatic rings. The van der Waals surface area contributed by atoms with Crippen LogP contribution >= 0.6 is 0 Å². The monoisotopic (exact) mass is 536 g/mol. The van der Waals surface area contributed by atoms with Crippen LogP contribution in [0.15, 0.2) is 54.6 Å². The van der Waals surface area contributed by atoms with Gasteiger partial charge in [0.25, 0.3) is 0 Å². The molecule has 0 bridgehead atoms. The minimum absolute atomic E-state index is 0.315. The van der Waals surface area contributed by atoms with Crippen molar-refractivity contribution in [1.82, 2.24) is 0 Å². The van der Waals surface area contributed by atoms with Gasteiger partial charge in [-0.1, -0.05) is 26.7 Å². The first-order chi connectivity index (χ1) is 18.9. The molecule has 0 saturated carbocycles. The zero-order valence-electron chi connectivity index (χ0n) is 23.2. The van der Waals surface area contributed by atoms with Gasteiger partial charge in [0.15, 0.2) is 23.0 Å². The molecule has 0 amide bonds. The van der Waals surface area contributed by atoms with E-state index in [1.807, 2.05) is 0 Å². The average Bonchev–Trinajstić information content (AvgIpc) is 2.94. The lowest BCUT2D eigenvalue weighted by atomic mass is 10.2. The number of benzene rings is 3. The largest absolute Gasteiger partial charge is 0.493 e. The van der Waals surface area contributed by atoms with Gasteiger partial charge >= 0.3 is 11.9 Å². The maximum Gasteiger partial charge on any atom is 0.343 e. The molecule has 3 aromatic carbocycles. The molecule has 0 aliphatic rings. The number of ether oxygens (including phenoxy) is 6. The fourth-order valence-corrected chi connectivity index (χ4v) is 3.61. The molecule has 0 aliphatic heterocycles. The minimum atomic E-state index is -0.550. The zero-order chi connectivity index (χ0) is 28.2. The number of hydrogen-bond donors (Lipinski definition) is 0. The molecule has 39 heavy (non-hydrogen) atoms. The molecular formula is C31H36O8. The number of carbonyl (C=O) groups excluding carboxylic acids is 2. The smallest absolute Gasteiger partial charge is 0.343 e. The molecule has 0 N–H and O–H groups in total. The van der Waals surface area contributed by atoms with E-state index in [9.17, 15) is 9.59 Å². The Morgan fingerprint density at radius 2 is 1.10 bits per heavy atom. The highest BCUT2D eigenvalue weighted by molar-refractivity contribution is 5.93. The predicted molar refractivity (Wildman–Crippen MR) is 148 cm³/mol. The Kier molecular flexibility index (Phi) is 11.0. The van der Waals surface area contributed by atoms with Gasteiger partial charge in [0, 0.05) is 0 Å². The lowest BCUT2D eigenvalue weighted by Crippen LogP contribution is -2.11. The summed E-state index contributed by atoms with van der Waals surface area (Å²) >= 11 is 0. The summed E-state index contributed by atoms with van der Waals surface area (Å²) in [5, 5.41) is 0. The second kappa shape index (κ2) is 14.7. The van der Waals surface area contributed by atoms with Crippen LogP contribution < -0.4 is 28.4 Å². The second-order valence-electron chi connectivity index (χ2n) is 8.84. The average molecular weight is 537 g/mol. The van der Waals surface area contributed by atoms with E-state index >= 15 is 0 Å². The highest BCUT2D eigenvalue weighted by Gasteiger charge is 2.17. The van der Waals surface area contributed by atoms with Crippen molar-refractivity contribution in [2.24, 2.45) is 0 Å². The van der Waals surface area contributed by atoms with E-state index in [4.69, 9.17) is 28.4 Å². The first kappa shape index (κ1) is 29.4. The summed E-state index contributed by atoms with van der Waals surface area (Å²) < 4.78 is 33.3. The van der Waals surface area contributed by atoms with E-state index in [1.54, 1.807) is 61.5 Å². The standard InChI is InChI=1S/C31H36O8/c1-6-8-16-36-26-13-10-22(19-28(26)34-4)30(32)38-24-12-15-25(21(3)18-24)39-31(33)23-11-14-27(29(20-23)35-5)37-17-9-7-2/h10-15,18-20H,6-9,16-17H2,1-5H3. The van der Waals surface area contributed by atoms with Crippen molar-refractivity contribution in [2.45, 2.75) is 46.5 Å². The van der Waals surface area contributed by atoms with Crippen LogP contribution in [0.25, 0.3) is 0 Å². The Balaban J connectivity index is 1.66. The number of aryl methyl sites for hydroxylation is 1. The highest BCUT2D eigenvalue weighted by atomic mass is 16.5. The summed E-state index contributed by atoms with van der Waals surface area (Å²) in [6.07, 6.45) is 3.87. The van der Waals surface area contributed by atoms with Gasteiger partial charge in [0.1, 0.15) is 11.5 Å². The van der Waals surface area contributed by atoms with E-state index in [2.05, 4.69) is 13.8 Å². The van der Waals surface area contributed by atoms with Crippen molar-refractivity contribution < 1.29 is 38.0 Å². The van der Waals surface area contributed by atoms with Gasteiger partial charge in [0.2, 0.25) is 0 Å². The topological polar surface area (TPSA) is 89.5 Å². The van der Waals surface area contributed by atoms with E-state index < -0.39 is 11.9 Å². The van der Waals surface area contributed by atoms with Crippen LogP contribution in [0.4, 0.5) is 0 Å². The highest BCUT2D eigenvalue weighted by Crippen LogP contribution is 2.31. The van der Waals surface area contributed by atoms with Crippen molar-refractivity contribution in [3.05, 3.63) is 71.3 Å². The summed E-state index contributed by atoms with van der Waals surface area (Å²) in [5.41, 5.74) is 1.26. The van der Waals surface area contributed by atoms with Crippen molar-refractivity contribution >= 4 is 11.9 Å². The second-order valence-corrected chi connectivity index (χ2v) is 8.84. The summed E-state index contributed by atoms with van der Waals surface area (Å²) in [7, 11) is 3.04. The molecule has 0 unspecified atom stereocenters. The molecule has 3 rings (SSSR count). The maximum atomic E-state index is 12.8. The Morgan fingerprint density at radius 3 is 1.56 bits per heavy atom. The maximum absolute atomic E-state index is 12.8. The summed E-state index contributed by atoms with van der Waals surface area (Å²) in [4.78, 5) is 25.6. The first-order valence-corrected chi connectivity index (χ1v) is 13.1. The van der Waals surface area contributed by atoms with E-state index in [0.717, 1.165) is 25.7 Å². The Morgan fingerprint density at radius 1 is 0.615 bits per heavy atom. The molecular weight excluding hydrogens is 500 g/mol. The van der Waals surface area contributed by atoms with E-state index in [-0.39, 0.29) is 0 Å². The number of hydrogen-bond acceptors (Lipinski definition) is 8. The molecule has 0 aliphatic carbocycles. The van der Waals surface area contributed by atoms with Gasteiger partial charge in [-0.05, 0) is 79.9 Å². The number of esters is 2. The van der Waals surface area contributed by atoms with Gasteiger partial charge in [-0.15, -0.1) is 0 Å². The van der Waals surface area contributed by atoms with Gasteiger partial charge in [-0.2, -0.15) is 0 Å². The minimum Gasteiger partial charge on any atom is -0.493 e. The van der Waals surface area contributed by atoms with Crippen molar-refractivity contribution in [3.63, 3.8) is 0 Å². The molecule has 208 valence electrons. The van der Waals surface area contributed by atoms with Crippen LogP contribution in [0.1, 0.15) is 65.8 Å². The lowest BCUT2D eigenvalue weighted by Gasteiger charge is -2.13. The third kappa shape index (κ3) is 8.14. The molecule has 8 heteroatoms. The fraction of sp³-hybridized carbons (Fsp3) is 0.355. The summed E-state index contributed by atoms with van der Waals surface area (Å²) in [6.45, 7) is 7.06. The van der Waals surface area contributed by atoms with Crippen molar-refractivity contribution in [3.8, 4) is 34.5 Å². The molecule has 0 saturated heterocycles. The van der Waals surface area contributed by atoms with Gasteiger partial charge in [-0.3, -0.25) is 0 Å². The quantitative estimate of drug-likeness (QED) is 0.126. The first-order valence-electron chi connectivity index (χ1n) is 13.1. The normalized spacial score (nSPS) is 10.5. The van der Waals surface area contributed by atoms with Crippen LogP contribution in [0.2, 0.25) is 0 Å². The van der Waals surface area contributed by atoms with Crippen LogP contribution in [0, 0.1) is 6.92 Å². The summed E-state index contributed by atoms with van der Waals surface area (Å²) in [5.74, 6) is 1.61. The van der Waals surface area contributed by atoms with Crippen molar-refractivity contribution in [1.29, 1.82) is 0 Å². The molecule has 0 atom stereocenters. The third-order valence-corrected chi connectivity index (χ3v) is 5.87. The molecule has 0 aromatic heterocycles. The molecule has 0 fully saturated rings. The molecule has 0 heterocycles. The number of methoxy groups -OCH3 is 2. The van der Waals surface area contributed by atoms with Crippen LogP contribution in [0.3, 0.4) is 0 Å². The van der Waals surface area contributed by atoms with Gasteiger partial charge in [0.05, 0.1) is 38.6 Å². The Bertz CT molecular complexity index is 1270. The lowest BCUT2D eigenvalue weighted by molar-refractivity contribution is 0.0718. The van der Waals surface area contributed by atoms with Crippen LogP contribution in [-0.4, -0.2) is 39.4 Å². The summed E-state index contributed by atoms with van der Waals surface area (Å²) in [6, 6.07) is 14.6. The number of carbonyl (C=O) groups is 2. The molecule has 8 nitrogen and oxygen atoms in total. The van der Waals surface area contributed by atoms with E-state index in [1.165, 1.54) is 14.2 Å². The van der Waals surface area contributed by atoms with Gasteiger partial charge < -0.3 is 28.4 Å². The van der Waals surface area contributed by atoms with E-state index in [0.29, 0.717) is 64.4 Å². The Labute approximate surface area is 229 Å². The number of unbranched alkanes of at least 4 members (excludes halogenated alkanes) is 2. The van der Waals surface area contributed by atoms with Gasteiger partial charge in [-0.25, -0.2) is 9.59 Å². The number of rotatable bonds is 14. The van der Waals surface area contributed by atoms with Crippen LogP contribution in [-0.2, 0) is 0 Å². The van der Waals surface area contributed by atoms with Crippen LogP contribution in [0.5, 0.6) is 34.5 Å². The molecule has 0 radical (unpaired) electrons. The predicted octanol–water partition coefficient (Wildman–Crippen LogP) is 6.81. The third-order valence-electron chi connectivity index (χ3n) is 5.87. The molecule has 0 spiro atoms. The Hall–Kier alpha value is -4.20. The fourth-order valence-electron chi connectivity index (χ4n) is 3.61. The van der Waals surface area contributed by atoms with Crippen molar-refractivity contribution in [2.75, 3.05) is 27.4 Å².